The van der Waals surface area contributed by atoms with E-state index in [1.807, 2.05) is 11.8 Å². The van der Waals surface area contributed by atoms with Crippen LogP contribution < -0.4 is 5.56 Å². The molecule has 0 spiro atoms. The molecule has 4 nitrogen and oxygen atoms in total. The zero-order chi connectivity index (χ0) is 15.0. The van der Waals surface area contributed by atoms with Crippen molar-refractivity contribution in [3.63, 3.8) is 0 Å². The quantitative estimate of drug-likeness (QED) is 0.851. The van der Waals surface area contributed by atoms with Gasteiger partial charge in [-0.25, -0.2) is 4.98 Å². The molecule has 6 heteroatoms. The van der Waals surface area contributed by atoms with E-state index in [9.17, 15) is 4.79 Å². The number of hydrogen-bond acceptors (Lipinski definition) is 4. The van der Waals surface area contributed by atoms with Gasteiger partial charge in [0.2, 0.25) is 0 Å². The molecule has 21 heavy (non-hydrogen) atoms. The first-order valence-corrected chi connectivity index (χ1v) is 8.51. The van der Waals surface area contributed by atoms with E-state index in [4.69, 9.17) is 11.6 Å². The normalized spacial score (nSPS) is 23.6. The summed E-state index contributed by atoms with van der Waals surface area (Å²) >= 11 is 7.93. The van der Waals surface area contributed by atoms with Gasteiger partial charge in [0.05, 0.1) is 10.7 Å². The number of rotatable bonds is 2. The van der Waals surface area contributed by atoms with Crippen LogP contribution in [0.3, 0.4) is 0 Å². The minimum Gasteiger partial charge on any atom is -0.293 e. The van der Waals surface area contributed by atoms with Crippen molar-refractivity contribution in [2.24, 2.45) is 0 Å². The first-order valence-electron chi connectivity index (χ1n) is 7.08. The summed E-state index contributed by atoms with van der Waals surface area (Å²) in [6, 6.07) is 5.65. The zero-order valence-corrected chi connectivity index (χ0v) is 13.7. The monoisotopic (exact) mass is 323 g/mol. The highest BCUT2D eigenvalue weighted by molar-refractivity contribution is 8.00. The molecule has 0 amide bonds. The van der Waals surface area contributed by atoms with Crippen LogP contribution in [0, 0.1) is 0 Å². The van der Waals surface area contributed by atoms with Crippen molar-refractivity contribution in [2.45, 2.75) is 31.7 Å². The molecule has 3 heterocycles. The average Bonchev–Trinajstić information content (AvgIpc) is 2.45. The molecule has 0 bridgehead atoms. The van der Waals surface area contributed by atoms with Gasteiger partial charge in [-0.1, -0.05) is 18.5 Å². The Bertz CT molecular complexity index is 718. The first kappa shape index (κ1) is 14.9. The standard InChI is InChI=1S/C15H18ClN3OS/c1-10-11(2)21-6-5-18(10)9-13-7-15(20)19-8-12(16)3-4-14(19)17-13/h3-4,7-8,10-11H,5-6,9H2,1-2H3/t10-,11+/m1/s1. The summed E-state index contributed by atoms with van der Waals surface area (Å²) in [5, 5.41) is 1.15. The van der Waals surface area contributed by atoms with Crippen molar-refractivity contribution in [1.29, 1.82) is 0 Å². The van der Waals surface area contributed by atoms with E-state index in [1.165, 1.54) is 4.40 Å². The van der Waals surface area contributed by atoms with Gasteiger partial charge in [-0.3, -0.25) is 14.1 Å². The van der Waals surface area contributed by atoms with E-state index in [0.29, 0.717) is 22.0 Å². The van der Waals surface area contributed by atoms with Crippen molar-refractivity contribution in [2.75, 3.05) is 12.3 Å². The Morgan fingerprint density at radius 1 is 1.43 bits per heavy atom. The topological polar surface area (TPSA) is 37.6 Å². The molecule has 2 atom stereocenters. The number of halogens is 1. The lowest BCUT2D eigenvalue weighted by molar-refractivity contribution is 0.202. The SMILES string of the molecule is C[C@@H]1SCCN(Cc2cc(=O)n3cc(Cl)ccc3n2)[C@@H]1C. The molecular weight excluding hydrogens is 306 g/mol. The fourth-order valence-corrected chi connectivity index (χ4v) is 3.96. The molecule has 1 aliphatic rings. The van der Waals surface area contributed by atoms with Crippen molar-refractivity contribution >= 4 is 29.0 Å². The predicted molar refractivity (Wildman–Crippen MR) is 88.3 cm³/mol. The van der Waals surface area contributed by atoms with E-state index >= 15 is 0 Å². The van der Waals surface area contributed by atoms with E-state index in [2.05, 4.69) is 23.7 Å². The van der Waals surface area contributed by atoms with Crippen LogP contribution in [-0.4, -0.2) is 37.9 Å². The third-order valence-electron chi connectivity index (χ3n) is 4.06. The summed E-state index contributed by atoms with van der Waals surface area (Å²) in [5.74, 6) is 1.13. The largest absolute Gasteiger partial charge is 0.293 e. The van der Waals surface area contributed by atoms with Crippen LogP contribution in [0.2, 0.25) is 5.02 Å². The van der Waals surface area contributed by atoms with E-state index in [1.54, 1.807) is 24.4 Å². The molecule has 0 N–H and O–H groups in total. The van der Waals surface area contributed by atoms with Crippen LogP contribution in [0.25, 0.3) is 5.65 Å². The van der Waals surface area contributed by atoms with Gasteiger partial charge in [0.1, 0.15) is 5.65 Å². The lowest BCUT2D eigenvalue weighted by atomic mass is 10.2. The molecule has 0 saturated carbocycles. The number of pyridine rings is 1. The van der Waals surface area contributed by atoms with Crippen LogP contribution in [0.15, 0.2) is 29.2 Å². The highest BCUT2D eigenvalue weighted by Crippen LogP contribution is 2.25. The molecule has 2 aromatic heterocycles. The summed E-state index contributed by atoms with van der Waals surface area (Å²) in [6.45, 7) is 6.26. The fourth-order valence-electron chi connectivity index (χ4n) is 2.63. The number of nitrogens with zero attached hydrogens (tertiary/aromatic N) is 3. The van der Waals surface area contributed by atoms with Crippen molar-refractivity contribution < 1.29 is 0 Å². The van der Waals surface area contributed by atoms with Gasteiger partial charge in [0.25, 0.3) is 5.56 Å². The third-order valence-corrected chi connectivity index (χ3v) is 5.62. The van der Waals surface area contributed by atoms with Crippen molar-refractivity contribution in [3.8, 4) is 0 Å². The second-order valence-electron chi connectivity index (χ2n) is 5.45. The number of hydrogen-bond donors (Lipinski definition) is 0. The van der Waals surface area contributed by atoms with Gasteiger partial charge in [-0.2, -0.15) is 11.8 Å². The molecule has 0 aromatic carbocycles. The lowest BCUT2D eigenvalue weighted by Gasteiger charge is -2.37. The minimum atomic E-state index is -0.0791. The Balaban J connectivity index is 1.91. The van der Waals surface area contributed by atoms with Crippen LogP contribution in [0.4, 0.5) is 0 Å². The lowest BCUT2D eigenvalue weighted by Crippen LogP contribution is -2.44. The molecule has 1 saturated heterocycles. The Morgan fingerprint density at radius 2 is 2.24 bits per heavy atom. The number of fused-ring (bicyclic) bond motifs is 1. The smallest absolute Gasteiger partial charge is 0.258 e. The van der Waals surface area contributed by atoms with Crippen LogP contribution in [0.5, 0.6) is 0 Å². The number of aromatic nitrogens is 2. The molecule has 2 aromatic rings. The highest BCUT2D eigenvalue weighted by Gasteiger charge is 2.25. The Kier molecular flexibility index (Phi) is 4.24. The van der Waals surface area contributed by atoms with Crippen molar-refractivity contribution in [3.05, 3.63) is 45.5 Å². The number of thioether (sulfide) groups is 1. The average molecular weight is 324 g/mol. The maximum atomic E-state index is 12.2. The van der Waals surface area contributed by atoms with Crippen LogP contribution >= 0.6 is 23.4 Å². The molecule has 112 valence electrons. The van der Waals surface area contributed by atoms with Gasteiger partial charge in [-0.15, -0.1) is 0 Å². The van der Waals surface area contributed by atoms with Crippen LogP contribution in [-0.2, 0) is 6.54 Å². The minimum absolute atomic E-state index is 0.0791. The van der Waals surface area contributed by atoms with Crippen LogP contribution in [0.1, 0.15) is 19.5 Å². The van der Waals surface area contributed by atoms with E-state index in [0.717, 1.165) is 24.5 Å². The maximum Gasteiger partial charge on any atom is 0.258 e. The first-order chi connectivity index (χ1) is 10.0. The van der Waals surface area contributed by atoms with Crippen molar-refractivity contribution in [1.82, 2.24) is 14.3 Å². The molecule has 0 aliphatic carbocycles. The summed E-state index contributed by atoms with van der Waals surface area (Å²) in [4.78, 5) is 19.2. The molecule has 1 fully saturated rings. The second kappa shape index (κ2) is 5.99. The van der Waals surface area contributed by atoms with Gasteiger partial charge in [0.15, 0.2) is 0 Å². The zero-order valence-electron chi connectivity index (χ0n) is 12.1. The highest BCUT2D eigenvalue weighted by atomic mass is 35.5. The van der Waals surface area contributed by atoms with Gasteiger partial charge >= 0.3 is 0 Å². The summed E-state index contributed by atoms with van der Waals surface area (Å²) < 4.78 is 1.49. The Labute approximate surface area is 133 Å². The van der Waals surface area contributed by atoms with E-state index < -0.39 is 0 Å². The maximum absolute atomic E-state index is 12.2. The Morgan fingerprint density at radius 3 is 3.05 bits per heavy atom. The van der Waals surface area contributed by atoms with Gasteiger partial charge < -0.3 is 0 Å². The summed E-state index contributed by atoms with van der Waals surface area (Å²) in [7, 11) is 0. The van der Waals surface area contributed by atoms with Gasteiger partial charge in [0, 0.05) is 42.4 Å². The predicted octanol–water partition coefficient (Wildman–Crippen LogP) is 2.67. The molecule has 0 radical (unpaired) electrons. The Hall–Kier alpha value is -1.04. The molecule has 3 rings (SSSR count). The molecular formula is C15H18ClN3OS. The van der Waals surface area contributed by atoms with E-state index in [-0.39, 0.29) is 5.56 Å². The van der Waals surface area contributed by atoms with Gasteiger partial charge in [-0.05, 0) is 19.1 Å². The second-order valence-corrected chi connectivity index (χ2v) is 7.37. The third kappa shape index (κ3) is 3.10. The fraction of sp³-hybridized carbons (Fsp3) is 0.467. The summed E-state index contributed by atoms with van der Waals surface area (Å²) in [5.41, 5.74) is 1.40. The molecule has 1 aliphatic heterocycles. The molecule has 0 unspecified atom stereocenters. The summed E-state index contributed by atoms with van der Waals surface area (Å²) in [6.07, 6.45) is 1.61.